The summed E-state index contributed by atoms with van der Waals surface area (Å²) in [5, 5.41) is 0.648. The predicted molar refractivity (Wildman–Crippen MR) is 92.1 cm³/mol. The Kier molecular flexibility index (Phi) is 4.24. The van der Waals surface area contributed by atoms with E-state index in [-0.39, 0.29) is 23.2 Å². The molecule has 1 aliphatic carbocycles. The van der Waals surface area contributed by atoms with Crippen molar-refractivity contribution in [2.45, 2.75) is 38.3 Å². The zero-order chi connectivity index (χ0) is 17.6. The number of fused-ring (bicyclic) bond motifs is 1. The number of carbonyl (C=O) groups is 2. The van der Waals surface area contributed by atoms with Gasteiger partial charge in [0.2, 0.25) is 5.91 Å². The quantitative estimate of drug-likeness (QED) is 0.758. The predicted octanol–water partition coefficient (Wildman–Crippen LogP) is 2.58. The Hall–Kier alpha value is -1.59. The molecule has 4 rings (SSSR count). The lowest BCUT2D eigenvalue weighted by atomic mass is 9.91. The fourth-order valence-corrected chi connectivity index (χ4v) is 4.55. The number of rotatable bonds is 2. The molecule has 2 aliphatic heterocycles. The molecule has 0 N–H and O–H groups in total. The van der Waals surface area contributed by atoms with E-state index in [9.17, 15) is 9.59 Å². The Bertz CT molecular complexity index is 713. The van der Waals surface area contributed by atoms with Crippen LogP contribution in [0.4, 0.5) is 0 Å². The minimum Gasteiger partial charge on any atom is -0.467 e. The van der Waals surface area contributed by atoms with Gasteiger partial charge in [-0.05, 0) is 47.9 Å². The topological polar surface area (TPSA) is 55.8 Å². The molecule has 0 bridgehead atoms. The Balaban J connectivity index is 1.59. The van der Waals surface area contributed by atoms with Gasteiger partial charge in [0.05, 0.1) is 7.11 Å². The molecule has 1 amide bonds. The maximum absolute atomic E-state index is 13.2. The van der Waals surface area contributed by atoms with Crippen molar-refractivity contribution in [1.29, 1.82) is 0 Å². The summed E-state index contributed by atoms with van der Waals surface area (Å²) >= 11 is 6.11. The number of ether oxygens (including phenoxy) is 2. The van der Waals surface area contributed by atoms with Crippen molar-refractivity contribution in [2.75, 3.05) is 20.3 Å². The molecule has 1 saturated heterocycles. The van der Waals surface area contributed by atoms with E-state index < -0.39 is 6.04 Å². The second-order valence-electron chi connectivity index (χ2n) is 7.35. The Morgan fingerprint density at radius 1 is 1.28 bits per heavy atom. The largest absolute Gasteiger partial charge is 0.467 e. The summed E-state index contributed by atoms with van der Waals surface area (Å²) in [5.41, 5.74) is 2.16. The lowest BCUT2D eigenvalue weighted by Gasteiger charge is -2.36. The van der Waals surface area contributed by atoms with Crippen LogP contribution in [0.25, 0.3) is 0 Å². The average Bonchev–Trinajstić information content (AvgIpc) is 3.32. The highest BCUT2D eigenvalue weighted by Gasteiger charge is 2.59. The van der Waals surface area contributed by atoms with Crippen molar-refractivity contribution < 1.29 is 19.1 Å². The summed E-state index contributed by atoms with van der Waals surface area (Å²) in [4.78, 5) is 27.2. The molecule has 6 heteroatoms. The Morgan fingerprint density at radius 2 is 2.04 bits per heavy atom. The first-order valence-corrected chi connectivity index (χ1v) is 9.15. The minimum atomic E-state index is -0.552. The van der Waals surface area contributed by atoms with Crippen LogP contribution >= 0.6 is 11.6 Å². The number of methoxy groups -OCH3 is 1. The van der Waals surface area contributed by atoms with Gasteiger partial charge in [-0.3, -0.25) is 4.79 Å². The lowest BCUT2D eigenvalue weighted by molar-refractivity contribution is -0.155. The number of hydrogen-bond acceptors (Lipinski definition) is 4. The first-order valence-electron chi connectivity index (χ1n) is 8.77. The monoisotopic (exact) mass is 363 g/mol. The smallest absolute Gasteiger partial charge is 0.328 e. The zero-order valence-electron chi connectivity index (χ0n) is 14.3. The first-order chi connectivity index (χ1) is 12.0. The van der Waals surface area contributed by atoms with Crippen molar-refractivity contribution >= 4 is 23.5 Å². The molecule has 1 unspecified atom stereocenters. The lowest BCUT2D eigenvalue weighted by Crippen LogP contribution is -2.50. The van der Waals surface area contributed by atoms with Crippen LogP contribution in [-0.4, -0.2) is 43.1 Å². The van der Waals surface area contributed by atoms with Crippen LogP contribution in [0.5, 0.6) is 0 Å². The van der Waals surface area contributed by atoms with Crippen LogP contribution in [0.2, 0.25) is 5.02 Å². The molecule has 0 aromatic heterocycles. The van der Waals surface area contributed by atoms with E-state index in [1.807, 2.05) is 18.2 Å². The van der Waals surface area contributed by atoms with Gasteiger partial charge in [0.1, 0.15) is 6.04 Å². The maximum Gasteiger partial charge on any atom is 0.328 e. The summed E-state index contributed by atoms with van der Waals surface area (Å²) in [6.07, 6.45) is 3.25. The van der Waals surface area contributed by atoms with Crippen LogP contribution in [0.1, 0.15) is 30.4 Å². The molecule has 0 radical (unpaired) electrons. The highest BCUT2D eigenvalue weighted by molar-refractivity contribution is 6.30. The van der Waals surface area contributed by atoms with Gasteiger partial charge in [0.25, 0.3) is 0 Å². The van der Waals surface area contributed by atoms with E-state index in [0.717, 1.165) is 43.6 Å². The van der Waals surface area contributed by atoms with E-state index in [0.29, 0.717) is 18.0 Å². The molecule has 3 aliphatic rings. The number of amides is 1. The second-order valence-corrected chi connectivity index (χ2v) is 7.79. The molecule has 2 fully saturated rings. The van der Waals surface area contributed by atoms with Crippen LogP contribution in [0.15, 0.2) is 18.2 Å². The van der Waals surface area contributed by atoms with Gasteiger partial charge in [0, 0.05) is 37.1 Å². The SMILES string of the molecule is COC(=O)[C@@H]1Cc2ccc(Cl)cc2CN1C(=O)C1CC12CCOCC2. The summed E-state index contributed by atoms with van der Waals surface area (Å²) in [6, 6.07) is 5.10. The van der Waals surface area contributed by atoms with Crippen molar-refractivity contribution in [3.63, 3.8) is 0 Å². The standard InChI is InChI=1S/C19H22ClNO4/c1-24-18(23)16-9-12-2-3-14(20)8-13(12)11-21(16)17(22)15-10-19(15)4-6-25-7-5-19/h2-3,8,15-16H,4-7,9-11H2,1H3/t15?,16-/m0/s1. The molecule has 2 atom stereocenters. The molecule has 1 aromatic carbocycles. The van der Waals surface area contributed by atoms with E-state index in [1.54, 1.807) is 4.90 Å². The fourth-order valence-electron chi connectivity index (χ4n) is 4.36. The zero-order valence-corrected chi connectivity index (χ0v) is 15.1. The highest BCUT2D eigenvalue weighted by atomic mass is 35.5. The van der Waals surface area contributed by atoms with Crippen molar-refractivity contribution in [3.05, 3.63) is 34.3 Å². The normalized spacial score (nSPS) is 26.9. The van der Waals surface area contributed by atoms with Crippen LogP contribution in [-0.2, 0) is 32.0 Å². The number of benzene rings is 1. The van der Waals surface area contributed by atoms with E-state index in [2.05, 4.69) is 0 Å². The van der Waals surface area contributed by atoms with Gasteiger partial charge in [-0.25, -0.2) is 4.79 Å². The minimum absolute atomic E-state index is 0.00397. The molecule has 134 valence electrons. The Labute approximate surface area is 152 Å². The Morgan fingerprint density at radius 3 is 2.76 bits per heavy atom. The van der Waals surface area contributed by atoms with Crippen molar-refractivity contribution in [1.82, 2.24) is 4.90 Å². The third-order valence-electron chi connectivity index (χ3n) is 6.03. The number of nitrogens with zero attached hydrogens (tertiary/aromatic N) is 1. The molecule has 5 nitrogen and oxygen atoms in total. The van der Waals surface area contributed by atoms with Gasteiger partial charge in [-0.2, -0.15) is 0 Å². The summed E-state index contributed by atoms with van der Waals surface area (Å²) in [7, 11) is 1.37. The number of halogens is 1. The molecular formula is C19H22ClNO4. The van der Waals surface area contributed by atoms with Crippen molar-refractivity contribution in [2.24, 2.45) is 11.3 Å². The number of esters is 1. The summed E-state index contributed by atoms with van der Waals surface area (Å²) in [6.45, 7) is 1.86. The third-order valence-corrected chi connectivity index (χ3v) is 6.27. The summed E-state index contributed by atoms with van der Waals surface area (Å²) in [5.74, 6) is -0.275. The third kappa shape index (κ3) is 2.93. The van der Waals surface area contributed by atoms with E-state index in [1.165, 1.54) is 7.11 Å². The second kappa shape index (κ2) is 6.29. The number of hydrogen-bond donors (Lipinski definition) is 0. The van der Waals surface area contributed by atoms with Crippen molar-refractivity contribution in [3.8, 4) is 0 Å². The molecule has 1 spiro atoms. The molecule has 1 saturated carbocycles. The maximum atomic E-state index is 13.2. The molecular weight excluding hydrogens is 342 g/mol. The van der Waals surface area contributed by atoms with Gasteiger partial charge >= 0.3 is 5.97 Å². The number of carbonyl (C=O) groups excluding carboxylic acids is 2. The van der Waals surface area contributed by atoms with Gasteiger partial charge in [-0.1, -0.05) is 17.7 Å². The van der Waals surface area contributed by atoms with Crippen LogP contribution in [0.3, 0.4) is 0 Å². The molecule has 2 heterocycles. The van der Waals surface area contributed by atoms with E-state index >= 15 is 0 Å². The van der Waals surface area contributed by atoms with Gasteiger partial charge in [-0.15, -0.1) is 0 Å². The highest BCUT2D eigenvalue weighted by Crippen LogP contribution is 2.60. The van der Waals surface area contributed by atoms with Crippen LogP contribution < -0.4 is 0 Å². The first kappa shape index (κ1) is 16.9. The van der Waals surface area contributed by atoms with Crippen LogP contribution in [0, 0.1) is 11.3 Å². The summed E-state index contributed by atoms with van der Waals surface area (Å²) < 4.78 is 10.4. The fraction of sp³-hybridized carbons (Fsp3) is 0.579. The van der Waals surface area contributed by atoms with E-state index in [4.69, 9.17) is 21.1 Å². The van der Waals surface area contributed by atoms with Gasteiger partial charge in [0.15, 0.2) is 0 Å². The molecule has 25 heavy (non-hydrogen) atoms. The van der Waals surface area contributed by atoms with Gasteiger partial charge < -0.3 is 14.4 Å². The average molecular weight is 364 g/mol. The molecule has 1 aromatic rings.